The minimum absolute atomic E-state index is 1.08. The summed E-state index contributed by atoms with van der Waals surface area (Å²) < 4.78 is 10.6. The first-order chi connectivity index (χ1) is 5.73. The average Bonchev–Trinajstić information content (AvgIpc) is 2.18. The molecule has 0 heterocycles. The van der Waals surface area contributed by atoms with Crippen molar-refractivity contribution >= 4 is 26.4 Å². The van der Waals surface area contributed by atoms with Crippen molar-refractivity contribution < 1.29 is 9.05 Å². The zero-order valence-corrected chi connectivity index (χ0v) is 9.67. The summed E-state index contributed by atoms with van der Waals surface area (Å²) in [4.78, 5) is 0. The first-order valence-corrected chi connectivity index (χ1v) is 7.34. The molecule has 1 aromatic rings. The molecule has 0 spiro atoms. The molecule has 2 nitrogen and oxygen atoms in total. The van der Waals surface area contributed by atoms with Crippen molar-refractivity contribution in [3.8, 4) is 0 Å². The predicted octanol–water partition coefficient (Wildman–Crippen LogP) is 1.54. The number of hydrogen-bond acceptors (Lipinski definition) is 2. The predicted molar refractivity (Wildman–Crippen MR) is 52.8 cm³/mol. The van der Waals surface area contributed by atoms with Crippen molar-refractivity contribution in [2.75, 3.05) is 14.2 Å². The van der Waals surface area contributed by atoms with E-state index in [2.05, 4.69) is 15.1 Å². The third-order valence-electron chi connectivity index (χ3n) is 1.55. The van der Waals surface area contributed by atoms with Gasteiger partial charge in [0.2, 0.25) is 0 Å². The van der Waals surface area contributed by atoms with Crippen molar-refractivity contribution in [3.05, 3.63) is 30.3 Å². The summed E-state index contributed by atoms with van der Waals surface area (Å²) >= 11 is 2.97. The van der Waals surface area contributed by atoms with Gasteiger partial charge in [0.25, 0.3) is 0 Å². The Morgan fingerprint density at radius 3 is 2.00 bits per heavy atom. The minimum atomic E-state index is -1.91. The van der Waals surface area contributed by atoms with Crippen molar-refractivity contribution in [2.24, 2.45) is 0 Å². The van der Waals surface area contributed by atoms with Gasteiger partial charge in [0, 0.05) is 0 Å². The summed E-state index contributed by atoms with van der Waals surface area (Å²) in [5.74, 6) is -1.91. The Hall–Kier alpha value is 0.0895. The second-order valence-corrected chi connectivity index (χ2v) is 7.47. The topological polar surface area (TPSA) is 18.5 Å². The van der Waals surface area contributed by atoms with Gasteiger partial charge in [-0.1, -0.05) is 0 Å². The molecule has 0 aromatic heterocycles. The number of benzene rings is 1. The van der Waals surface area contributed by atoms with Gasteiger partial charge in [-0.25, -0.2) is 0 Å². The Labute approximate surface area is 80.3 Å². The number of rotatable bonds is 3. The van der Waals surface area contributed by atoms with Crippen LogP contribution in [0.1, 0.15) is 0 Å². The van der Waals surface area contributed by atoms with E-state index >= 15 is 0 Å². The van der Waals surface area contributed by atoms with Gasteiger partial charge >= 0.3 is 80.0 Å². The monoisotopic (exact) mass is 250 g/mol. The maximum absolute atomic E-state index is 5.31. The Bertz CT molecular complexity index is 278. The van der Waals surface area contributed by atoms with E-state index in [4.69, 9.17) is 9.05 Å². The average molecular weight is 249 g/mol. The molecule has 0 bridgehead atoms. The van der Waals surface area contributed by atoms with Gasteiger partial charge in [-0.2, -0.15) is 0 Å². The molecule has 66 valence electrons. The fraction of sp³-hybridized carbons (Fsp3) is 0.250. The number of hydrogen-bond donors (Lipinski definition) is 0. The van der Waals surface area contributed by atoms with Crippen molar-refractivity contribution in [1.29, 1.82) is 0 Å². The molecule has 0 unspecified atom stereocenters. The van der Waals surface area contributed by atoms with E-state index in [1.54, 1.807) is 14.2 Å². The van der Waals surface area contributed by atoms with Gasteiger partial charge in [0.1, 0.15) is 0 Å². The fourth-order valence-electron chi connectivity index (χ4n) is 0.896. The van der Waals surface area contributed by atoms with E-state index in [0.29, 0.717) is 0 Å². The maximum atomic E-state index is 5.31. The van der Waals surface area contributed by atoms with Crippen molar-refractivity contribution in [3.63, 3.8) is 0 Å². The standard InChI is InChI=1S/C8H11O2PSe/c1-9-11(12,10-2)8-6-4-3-5-7-8/h3-7H,1-2H3. The van der Waals surface area contributed by atoms with E-state index in [1.807, 2.05) is 30.3 Å². The van der Waals surface area contributed by atoms with Crippen LogP contribution in [0.25, 0.3) is 0 Å². The summed E-state index contributed by atoms with van der Waals surface area (Å²) in [5.41, 5.74) is 0. The third-order valence-corrected chi connectivity index (χ3v) is 6.65. The first kappa shape index (κ1) is 10.2. The Balaban J connectivity index is 3.04. The Morgan fingerprint density at radius 2 is 1.58 bits per heavy atom. The van der Waals surface area contributed by atoms with Gasteiger partial charge in [-0.3, -0.25) is 0 Å². The van der Waals surface area contributed by atoms with Crippen molar-refractivity contribution in [2.45, 2.75) is 0 Å². The van der Waals surface area contributed by atoms with Gasteiger partial charge in [-0.05, 0) is 0 Å². The van der Waals surface area contributed by atoms with Crippen LogP contribution in [-0.4, -0.2) is 29.3 Å². The van der Waals surface area contributed by atoms with Gasteiger partial charge in [0.05, 0.1) is 0 Å². The van der Waals surface area contributed by atoms with Crippen LogP contribution in [0.15, 0.2) is 30.3 Å². The molecule has 0 saturated heterocycles. The molecule has 12 heavy (non-hydrogen) atoms. The molecule has 0 radical (unpaired) electrons. The summed E-state index contributed by atoms with van der Waals surface area (Å²) in [6.45, 7) is 0. The van der Waals surface area contributed by atoms with E-state index in [0.717, 1.165) is 5.30 Å². The van der Waals surface area contributed by atoms with Crippen LogP contribution in [0.4, 0.5) is 0 Å². The molecule has 0 aliphatic heterocycles. The molecule has 0 N–H and O–H groups in total. The van der Waals surface area contributed by atoms with Crippen LogP contribution < -0.4 is 5.30 Å². The molecule has 0 aliphatic rings. The summed E-state index contributed by atoms with van der Waals surface area (Å²) in [7, 11) is 3.31. The Morgan fingerprint density at radius 1 is 1.08 bits per heavy atom. The quantitative estimate of drug-likeness (QED) is 0.597. The molecule has 0 aliphatic carbocycles. The van der Waals surface area contributed by atoms with Gasteiger partial charge < -0.3 is 0 Å². The van der Waals surface area contributed by atoms with Crippen LogP contribution in [0.5, 0.6) is 0 Å². The molecule has 0 atom stereocenters. The molecule has 1 aromatic carbocycles. The van der Waals surface area contributed by atoms with Crippen LogP contribution >= 0.6 is 5.96 Å². The molecular formula is C8H11O2PSe. The molecular weight excluding hydrogens is 238 g/mol. The molecule has 0 saturated carbocycles. The molecule has 1 rings (SSSR count). The molecule has 4 heteroatoms. The van der Waals surface area contributed by atoms with E-state index < -0.39 is 5.96 Å². The van der Waals surface area contributed by atoms with Crippen LogP contribution in [0, 0.1) is 0 Å². The van der Waals surface area contributed by atoms with Gasteiger partial charge in [-0.15, -0.1) is 0 Å². The first-order valence-electron chi connectivity index (χ1n) is 3.50. The van der Waals surface area contributed by atoms with Crippen molar-refractivity contribution in [1.82, 2.24) is 0 Å². The SMILES string of the molecule is COP(=[Se])(OC)c1ccccc1. The molecule has 0 fully saturated rings. The third kappa shape index (κ3) is 2.07. The van der Waals surface area contributed by atoms with Crippen LogP contribution in [-0.2, 0) is 9.05 Å². The van der Waals surface area contributed by atoms with Crippen LogP contribution in [0.3, 0.4) is 0 Å². The normalized spacial score (nSPS) is 11.5. The second kappa shape index (κ2) is 4.36. The van der Waals surface area contributed by atoms with Gasteiger partial charge in [0.15, 0.2) is 0 Å². The van der Waals surface area contributed by atoms with E-state index in [-0.39, 0.29) is 0 Å². The summed E-state index contributed by atoms with van der Waals surface area (Å²) in [6, 6.07) is 9.91. The second-order valence-electron chi connectivity index (χ2n) is 2.20. The zero-order chi connectivity index (χ0) is 9.03. The fourth-order valence-corrected chi connectivity index (χ4v) is 2.77. The van der Waals surface area contributed by atoms with Crippen LogP contribution in [0.2, 0.25) is 0 Å². The zero-order valence-electron chi connectivity index (χ0n) is 7.06. The van der Waals surface area contributed by atoms with E-state index in [9.17, 15) is 0 Å². The Kier molecular flexibility index (Phi) is 3.70. The summed E-state index contributed by atoms with van der Waals surface area (Å²) in [6.07, 6.45) is 0. The molecule has 0 amide bonds. The summed E-state index contributed by atoms with van der Waals surface area (Å²) in [5, 5.41) is 1.08. The van der Waals surface area contributed by atoms with E-state index in [1.165, 1.54) is 0 Å².